The molecule has 2 N–H and O–H groups in total. The molecule has 0 aliphatic carbocycles. The molecule has 6 heteroatoms. The molecule has 2 heterocycles. The largest absolute Gasteiger partial charge is 0.383 e. The van der Waals surface area contributed by atoms with Crippen molar-refractivity contribution in [2.75, 3.05) is 58.5 Å². The van der Waals surface area contributed by atoms with Crippen LogP contribution < -0.4 is 10.6 Å². The van der Waals surface area contributed by atoms with Crippen LogP contribution in [0.2, 0.25) is 0 Å². The first-order valence-electron chi connectivity index (χ1n) is 7.42. The van der Waals surface area contributed by atoms with Crippen LogP contribution >= 0.6 is 0 Å². The number of pyridine rings is 1. The maximum atomic E-state index is 5.67. The number of hydrogen-bond acceptors (Lipinski definition) is 6. The first kappa shape index (κ1) is 16.2. The molecule has 1 aromatic heterocycles. The molecule has 0 aromatic carbocycles. The molecule has 1 unspecified atom stereocenters. The van der Waals surface area contributed by atoms with Gasteiger partial charge in [0.15, 0.2) is 0 Å². The summed E-state index contributed by atoms with van der Waals surface area (Å²) in [6.45, 7) is 5.62. The van der Waals surface area contributed by atoms with Crippen LogP contribution in [0.15, 0.2) is 18.3 Å². The zero-order valence-electron chi connectivity index (χ0n) is 13.0. The average Bonchev–Trinajstić information content (AvgIpc) is 2.53. The Kier molecular flexibility index (Phi) is 6.38. The fraction of sp³-hybridized carbons (Fsp3) is 0.667. The minimum Gasteiger partial charge on any atom is -0.383 e. The molecule has 1 fully saturated rings. The summed E-state index contributed by atoms with van der Waals surface area (Å²) in [5.74, 6) is 0.970. The van der Waals surface area contributed by atoms with Gasteiger partial charge in [-0.2, -0.15) is 0 Å². The van der Waals surface area contributed by atoms with Gasteiger partial charge in [-0.3, -0.25) is 4.90 Å². The number of methoxy groups -OCH3 is 1. The Morgan fingerprint density at radius 3 is 3.05 bits per heavy atom. The Bertz CT molecular complexity index is 413. The zero-order chi connectivity index (χ0) is 15.1. The molecule has 21 heavy (non-hydrogen) atoms. The lowest BCUT2D eigenvalue weighted by Gasteiger charge is -2.32. The molecular weight excluding hydrogens is 268 g/mol. The van der Waals surface area contributed by atoms with Crippen LogP contribution in [0.5, 0.6) is 0 Å². The Balaban J connectivity index is 1.87. The Morgan fingerprint density at radius 1 is 1.52 bits per heavy atom. The van der Waals surface area contributed by atoms with Gasteiger partial charge in [0.1, 0.15) is 5.82 Å². The third-order valence-electron chi connectivity index (χ3n) is 3.72. The SMILES string of the molecule is COCCN(C)c1ccc(CN2CCOC(CN)C2)cn1. The van der Waals surface area contributed by atoms with Crippen LogP contribution in [-0.4, -0.2) is 69.5 Å². The Hall–Kier alpha value is -1.21. The molecule has 1 aromatic rings. The molecular formula is C15H26N4O2. The normalized spacial score (nSPS) is 19.7. The molecule has 0 amide bonds. The van der Waals surface area contributed by atoms with Gasteiger partial charge in [-0.15, -0.1) is 0 Å². The number of likely N-dealkylation sites (N-methyl/N-ethyl adjacent to an activating group) is 1. The Labute approximate surface area is 126 Å². The number of aromatic nitrogens is 1. The molecule has 1 saturated heterocycles. The quantitative estimate of drug-likeness (QED) is 0.781. The van der Waals surface area contributed by atoms with Gasteiger partial charge in [0.2, 0.25) is 0 Å². The molecule has 0 saturated carbocycles. The summed E-state index contributed by atoms with van der Waals surface area (Å²) < 4.78 is 10.7. The summed E-state index contributed by atoms with van der Waals surface area (Å²) in [5, 5.41) is 0. The minimum atomic E-state index is 0.158. The zero-order valence-corrected chi connectivity index (χ0v) is 13.0. The standard InChI is InChI=1S/C15H26N4O2/c1-18(5-7-20-2)15-4-3-13(10-17-15)11-19-6-8-21-14(9-16)12-19/h3-4,10,14H,5-9,11-12,16H2,1-2H3. The van der Waals surface area contributed by atoms with E-state index in [2.05, 4.69) is 26.9 Å². The van der Waals surface area contributed by atoms with Crippen molar-refractivity contribution in [2.45, 2.75) is 12.6 Å². The summed E-state index contributed by atoms with van der Waals surface area (Å²) >= 11 is 0. The minimum absolute atomic E-state index is 0.158. The molecule has 1 atom stereocenters. The summed E-state index contributed by atoms with van der Waals surface area (Å²) in [4.78, 5) is 8.98. The van der Waals surface area contributed by atoms with Gasteiger partial charge in [0, 0.05) is 53.1 Å². The van der Waals surface area contributed by atoms with Gasteiger partial charge in [-0.1, -0.05) is 6.07 Å². The lowest BCUT2D eigenvalue weighted by Crippen LogP contribution is -2.45. The van der Waals surface area contributed by atoms with Gasteiger partial charge in [0.25, 0.3) is 0 Å². The van der Waals surface area contributed by atoms with Crippen molar-refractivity contribution in [3.63, 3.8) is 0 Å². The monoisotopic (exact) mass is 294 g/mol. The van der Waals surface area contributed by atoms with E-state index in [1.807, 2.05) is 13.2 Å². The topological polar surface area (TPSA) is 63.9 Å². The second kappa shape index (κ2) is 8.29. The summed E-state index contributed by atoms with van der Waals surface area (Å²) in [5.41, 5.74) is 6.89. The fourth-order valence-corrected chi connectivity index (χ4v) is 2.40. The first-order chi connectivity index (χ1) is 10.2. The van der Waals surface area contributed by atoms with E-state index in [-0.39, 0.29) is 6.10 Å². The second-order valence-electron chi connectivity index (χ2n) is 5.40. The lowest BCUT2D eigenvalue weighted by molar-refractivity contribution is -0.0260. The van der Waals surface area contributed by atoms with Crippen molar-refractivity contribution < 1.29 is 9.47 Å². The summed E-state index contributed by atoms with van der Waals surface area (Å²) in [6.07, 6.45) is 2.11. The number of ether oxygens (including phenoxy) is 2. The van der Waals surface area contributed by atoms with Crippen LogP contribution in [0.25, 0.3) is 0 Å². The third kappa shape index (κ3) is 4.93. The van der Waals surface area contributed by atoms with Crippen molar-refractivity contribution in [1.82, 2.24) is 9.88 Å². The number of anilines is 1. The maximum Gasteiger partial charge on any atom is 0.128 e. The number of morpholine rings is 1. The number of hydrogen-bond donors (Lipinski definition) is 1. The molecule has 0 radical (unpaired) electrons. The van der Waals surface area contributed by atoms with Crippen LogP contribution in [0.4, 0.5) is 5.82 Å². The third-order valence-corrected chi connectivity index (χ3v) is 3.72. The van der Waals surface area contributed by atoms with Gasteiger partial charge >= 0.3 is 0 Å². The average molecular weight is 294 g/mol. The first-order valence-corrected chi connectivity index (χ1v) is 7.42. The smallest absolute Gasteiger partial charge is 0.128 e. The Morgan fingerprint density at radius 2 is 2.38 bits per heavy atom. The molecule has 1 aliphatic heterocycles. The fourth-order valence-electron chi connectivity index (χ4n) is 2.40. The van der Waals surface area contributed by atoms with E-state index in [0.717, 1.165) is 38.6 Å². The van der Waals surface area contributed by atoms with E-state index in [9.17, 15) is 0 Å². The van der Waals surface area contributed by atoms with Crippen molar-refractivity contribution in [3.8, 4) is 0 Å². The van der Waals surface area contributed by atoms with Gasteiger partial charge in [0.05, 0.1) is 19.3 Å². The van der Waals surface area contributed by atoms with Crippen molar-refractivity contribution in [3.05, 3.63) is 23.9 Å². The molecule has 118 valence electrons. The van der Waals surface area contributed by atoms with Gasteiger partial charge < -0.3 is 20.1 Å². The van der Waals surface area contributed by atoms with Gasteiger partial charge in [-0.25, -0.2) is 4.98 Å². The highest BCUT2D eigenvalue weighted by Gasteiger charge is 2.19. The van der Waals surface area contributed by atoms with Crippen molar-refractivity contribution in [1.29, 1.82) is 0 Å². The summed E-state index contributed by atoms with van der Waals surface area (Å²) in [6, 6.07) is 4.20. The lowest BCUT2D eigenvalue weighted by atomic mass is 10.2. The van der Waals surface area contributed by atoms with E-state index < -0.39 is 0 Å². The van der Waals surface area contributed by atoms with E-state index in [4.69, 9.17) is 15.2 Å². The highest BCUT2D eigenvalue weighted by atomic mass is 16.5. The number of rotatable bonds is 7. The van der Waals surface area contributed by atoms with Gasteiger partial charge in [-0.05, 0) is 11.6 Å². The maximum absolute atomic E-state index is 5.67. The number of nitrogens with two attached hydrogens (primary N) is 1. The summed E-state index contributed by atoms with van der Waals surface area (Å²) in [7, 11) is 3.73. The predicted octanol–water partition coefficient (Wildman–Crippen LogP) is 0.324. The highest BCUT2D eigenvalue weighted by molar-refractivity contribution is 5.38. The van der Waals surface area contributed by atoms with E-state index in [1.54, 1.807) is 7.11 Å². The predicted molar refractivity (Wildman–Crippen MR) is 83.5 cm³/mol. The number of nitrogens with zero attached hydrogens (tertiary/aromatic N) is 3. The second-order valence-corrected chi connectivity index (χ2v) is 5.40. The van der Waals surface area contributed by atoms with Crippen molar-refractivity contribution >= 4 is 5.82 Å². The molecule has 2 rings (SSSR count). The highest BCUT2D eigenvalue weighted by Crippen LogP contribution is 2.13. The molecule has 6 nitrogen and oxygen atoms in total. The van der Waals surface area contributed by atoms with E-state index >= 15 is 0 Å². The van der Waals surface area contributed by atoms with Crippen molar-refractivity contribution in [2.24, 2.45) is 5.73 Å². The van der Waals surface area contributed by atoms with Crippen LogP contribution in [0, 0.1) is 0 Å². The van der Waals surface area contributed by atoms with E-state index in [1.165, 1.54) is 5.56 Å². The van der Waals surface area contributed by atoms with Crippen LogP contribution in [-0.2, 0) is 16.0 Å². The van der Waals surface area contributed by atoms with Crippen LogP contribution in [0.1, 0.15) is 5.56 Å². The van der Waals surface area contributed by atoms with Crippen LogP contribution in [0.3, 0.4) is 0 Å². The molecule has 1 aliphatic rings. The molecule has 0 bridgehead atoms. The van der Waals surface area contributed by atoms with E-state index in [0.29, 0.717) is 13.2 Å². The molecule has 0 spiro atoms.